The van der Waals surface area contributed by atoms with E-state index in [1.54, 1.807) is 40.4 Å². The number of ether oxygens (including phenoxy) is 3. The van der Waals surface area contributed by atoms with Crippen LogP contribution in [0, 0.1) is 0 Å². The Kier molecular flexibility index (Phi) is 8.69. The van der Waals surface area contributed by atoms with Gasteiger partial charge in [0.25, 0.3) is 0 Å². The smallest absolute Gasteiger partial charge is 0.245 e. The van der Waals surface area contributed by atoms with Crippen molar-refractivity contribution < 1.29 is 23.8 Å². The highest BCUT2D eigenvalue weighted by Crippen LogP contribution is 2.50. The minimum absolute atomic E-state index is 0.0950. The molecule has 0 unspecified atom stereocenters. The Bertz CT molecular complexity index is 1920. The number of anilines is 1. The third-order valence-electron chi connectivity index (χ3n) is 8.93. The standard InChI is InChI=1S/C35H37BrN4O6/c1-18(35(43)40-14-13-27-24(17-40)22-7-6-8-25(36)32(22)39-27)37-28-12-10-21-23(16-29(28)42)26(38-19(2)41)11-9-20-15-30(44-3)33(45-4)34(46-5)31(20)21/h6-8,10,12,15-16,18,26,39H,9,11,13-14,17H2,1-5H3,(H,37,42)(H,38,41)/t18-,26-/m1/s1. The predicted molar refractivity (Wildman–Crippen MR) is 181 cm³/mol. The number of rotatable bonds is 7. The minimum atomic E-state index is -0.661. The quantitative estimate of drug-likeness (QED) is 0.235. The molecule has 0 saturated heterocycles. The van der Waals surface area contributed by atoms with E-state index in [0.29, 0.717) is 48.7 Å². The van der Waals surface area contributed by atoms with Crippen LogP contribution in [0.3, 0.4) is 0 Å². The summed E-state index contributed by atoms with van der Waals surface area (Å²) >= 11 is 3.62. The van der Waals surface area contributed by atoms with Crippen molar-refractivity contribution in [3.05, 3.63) is 79.5 Å². The Balaban J connectivity index is 1.36. The van der Waals surface area contributed by atoms with Crippen LogP contribution in [0.1, 0.15) is 48.7 Å². The number of hydrogen-bond acceptors (Lipinski definition) is 7. The number of nitrogens with one attached hydrogen (secondary N) is 3. The molecule has 0 fully saturated rings. The van der Waals surface area contributed by atoms with Gasteiger partial charge in [-0.05, 0) is 76.7 Å². The first-order valence-electron chi connectivity index (χ1n) is 15.3. The van der Waals surface area contributed by atoms with E-state index in [0.717, 1.165) is 49.7 Å². The summed E-state index contributed by atoms with van der Waals surface area (Å²) in [5, 5.41) is 7.32. The fourth-order valence-corrected chi connectivity index (χ4v) is 7.25. The number of H-pyrrole nitrogens is 1. The number of fused-ring (bicyclic) bond motifs is 6. The van der Waals surface area contributed by atoms with Crippen LogP contribution < -0.4 is 30.3 Å². The number of amides is 2. The van der Waals surface area contributed by atoms with Gasteiger partial charge in [-0.2, -0.15) is 0 Å². The third kappa shape index (κ3) is 5.57. The Hall–Kier alpha value is -4.51. The highest BCUT2D eigenvalue weighted by molar-refractivity contribution is 9.10. The average Bonchev–Trinajstić information content (AvgIpc) is 3.27. The number of nitrogens with zero attached hydrogens (tertiary/aromatic N) is 1. The molecule has 46 heavy (non-hydrogen) atoms. The van der Waals surface area contributed by atoms with Gasteiger partial charge in [0, 0.05) is 53.1 Å². The van der Waals surface area contributed by atoms with E-state index in [-0.39, 0.29) is 22.9 Å². The van der Waals surface area contributed by atoms with Crippen LogP contribution in [0.25, 0.3) is 22.0 Å². The first-order valence-corrected chi connectivity index (χ1v) is 16.0. The van der Waals surface area contributed by atoms with Crippen LogP contribution in [0.4, 0.5) is 5.69 Å². The van der Waals surface area contributed by atoms with Gasteiger partial charge in [0.1, 0.15) is 6.04 Å². The molecule has 0 radical (unpaired) electrons. The highest BCUT2D eigenvalue weighted by Gasteiger charge is 2.31. The van der Waals surface area contributed by atoms with Crippen molar-refractivity contribution >= 4 is 44.3 Å². The maximum atomic E-state index is 13.8. The van der Waals surface area contributed by atoms with Gasteiger partial charge in [0.05, 0.1) is 38.6 Å². The summed E-state index contributed by atoms with van der Waals surface area (Å²) in [7, 11) is 4.68. The van der Waals surface area contributed by atoms with Crippen molar-refractivity contribution in [2.75, 3.05) is 33.2 Å². The molecular weight excluding hydrogens is 652 g/mol. The van der Waals surface area contributed by atoms with Crippen molar-refractivity contribution in [1.29, 1.82) is 0 Å². The second-order valence-corrected chi connectivity index (χ2v) is 12.6. The molecule has 2 amide bonds. The number of aryl methyl sites for hydroxylation is 1. The predicted octanol–water partition coefficient (Wildman–Crippen LogP) is 5.49. The van der Waals surface area contributed by atoms with Crippen LogP contribution in [0.15, 0.2) is 51.7 Å². The van der Waals surface area contributed by atoms with Gasteiger partial charge in [-0.3, -0.25) is 14.4 Å². The summed E-state index contributed by atoms with van der Waals surface area (Å²) in [5.74, 6) is 1.15. The minimum Gasteiger partial charge on any atom is -0.493 e. The van der Waals surface area contributed by atoms with Crippen molar-refractivity contribution in [3.63, 3.8) is 0 Å². The molecule has 0 bridgehead atoms. The molecule has 240 valence electrons. The fourth-order valence-electron chi connectivity index (χ4n) is 6.79. The molecule has 11 heteroatoms. The lowest BCUT2D eigenvalue weighted by Crippen LogP contribution is -2.44. The average molecular weight is 690 g/mol. The molecular formula is C35H37BrN4O6. The zero-order valence-electron chi connectivity index (χ0n) is 26.5. The number of halogens is 1. The van der Waals surface area contributed by atoms with Crippen molar-refractivity contribution in [2.45, 2.75) is 51.7 Å². The number of methoxy groups -OCH3 is 3. The molecule has 1 aromatic heterocycles. The van der Waals surface area contributed by atoms with E-state index < -0.39 is 12.1 Å². The fraction of sp³-hybridized carbons (Fsp3) is 0.343. The second kappa shape index (κ2) is 12.7. The maximum absolute atomic E-state index is 13.8. The van der Waals surface area contributed by atoms with Crippen LogP contribution in [0.5, 0.6) is 17.2 Å². The molecule has 2 heterocycles. The normalized spacial score (nSPS) is 16.0. The van der Waals surface area contributed by atoms with Crippen LogP contribution >= 0.6 is 15.9 Å². The summed E-state index contributed by atoms with van der Waals surface area (Å²) in [6.07, 6.45) is 1.88. The number of carbonyl (C=O) groups is 2. The second-order valence-electron chi connectivity index (χ2n) is 11.7. The van der Waals surface area contributed by atoms with Gasteiger partial charge in [0.2, 0.25) is 23.0 Å². The highest BCUT2D eigenvalue weighted by atomic mass is 79.9. The van der Waals surface area contributed by atoms with E-state index >= 15 is 0 Å². The third-order valence-corrected chi connectivity index (χ3v) is 9.59. The lowest BCUT2D eigenvalue weighted by atomic mass is 9.95. The lowest BCUT2D eigenvalue weighted by Gasteiger charge is -2.30. The van der Waals surface area contributed by atoms with Gasteiger partial charge in [-0.15, -0.1) is 0 Å². The number of para-hydroxylation sites is 1. The number of aromatic amines is 1. The van der Waals surface area contributed by atoms with Gasteiger partial charge in [-0.1, -0.05) is 18.2 Å². The largest absolute Gasteiger partial charge is 0.493 e. The number of benzene rings is 2. The van der Waals surface area contributed by atoms with Crippen molar-refractivity contribution in [2.24, 2.45) is 0 Å². The number of hydrogen-bond donors (Lipinski definition) is 3. The van der Waals surface area contributed by atoms with E-state index in [2.05, 4.69) is 37.6 Å². The Labute approximate surface area is 275 Å². The summed E-state index contributed by atoms with van der Waals surface area (Å²) in [6.45, 7) is 4.29. The molecule has 4 aromatic rings. The molecule has 6 rings (SSSR count). The maximum Gasteiger partial charge on any atom is 0.245 e. The van der Waals surface area contributed by atoms with Gasteiger partial charge in [0.15, 0.2) is 11.5 Å². The van der Waals surface area contributed by atoms with Gasteiger partial charge >= 0.3 is 0 Å². The molecule has 3 aromatic carbocycles. The van der Waals surface area contributed by atoms with Crippen molar-refractivity contribution in [1.82, 2.24) is 15.2 Å². The van der Waals surface area contributed by atoms with Gasteiger partial charge in [-0.25, -0.2) is 0 Å². The molecule has 0 spiro atoms. The molecule has 1 aliphatic heterocycles. The first-order chi connectivity index (χ1) is 22.1. The summed E-state index contributed by atoms with van der Waals surface area (Å²) in [6, 6.07) is 12.0. The topological polar surface area (TPSA) is 122 Å². The number of carbonyl (C=O) groups excluding carboxylic acids is 2. The summed E-state index contributed by atoms with van der Waals surface area (Å²) in [4.78, 5) is 45.1. The monoisotopic (exact) mass is 688 g/mol. The zero-order valence-corrected chi connectivity index (χ0v) is 28.1. The summed E-state index contributed by atoms with van der Waals surface area (Å²) < 4.78 is 18.2. The Morgan fingerprint density at radius 2 is 1.83 bits per heavy atom. The Morgan fingerprint density at radius 3 is 2.54 bits per heavy atom. The number of aromatic nitrogens is 1. The van der Waals surface area contributed by atoms with E-state index in [4.69, 9.17) is 14.2 Å². The Morgan fingerprint density at radius 1 is 1.04 bits per heavy atom. The molecule has 0 saturated carbocycles. The molecule has 2 aliphatic rings. The van der Waals surface area contributed by atoms with Crippen molar-refractivity contribution in [3.8, 4) is 28.4 Å². The summed E-state index contributed by atoms with van der Waals surface area (Å²) in [5.41, 5.74) is 6.37. The van der Waals surface area contributed by atoms with Crippen LogP contribution in [-0.4, -0.2) is 55.6 Å². The van der Waals surface area contributed by atoms with E-state index in [9.17, 15) is 14.4 Å². The lowest BCUT2D eigenvalue weighted by molar-refractivity contribution is -0.132. The van der Waals surface area contributed by atoms with E-state index in [1.807, 2.05) is 29.2 Å². The molecule has 3 N–H and O–H groups in total. The molecule has 1 aliphatic carbocycles. The molecule has 2 atom stereocenters. The zero-order chi connectivity index (χ0) is 32.7. The van der Waals surface area contributed by atoms with Crippen LogP contribution in [-0.2, 0) is 29.0 Å². The van der Waals surface area contributed by atoms with Crippen LogP contribution in [0.2, 0.25) is 0 Å². The molecule has 10 nitrogen and oxygen atoms in total. The first kappa shape index (κ1) is 31.5. The SMILES string of the molecule is COc1cc2c(c(OC)c1OC)-c1ccc(N[C@H](C)C(=O)N3CCc4[nH]c5c(Br)cccc5c4C3)c(=O)cc1[C@H](NC(C)=O)CC2. The van der Waals surface area contributed by atoms with Gasteiger partial charge < -0.3 is 34.7 Å². The van der Waals surface area contributed by atoms with E-state index in [1.165, 1.54) is 6.92 Å².